The number of carbonyl (C=O) groups excluding carboxylic acids is 1. The first-order chi connectivity index (χ1) is 8.70. The van der Waals surface area contributed by atoms with Crippen LogP contribution in [-0.2, 0) is 0 Å². The Morgan fingerprint density at radius 2 is 1.83 bits per heavy atom. The van der Waals surface area contributed by atoms with Crippen LogP contribution in [0.15, 0.2) is 24.3 Å². The van der Waals surface area contributed by atoms with E-state index in [-0.39, 0.29) is 17.0 Å². The Morgan fingerprint density at radius 3 is 2.56 bits per heavy atom. The quantitative estimate of drug-likeness (QED) is 0.888. The summed E-state index contributed by atoms with van der Waals surface area (Å²) in [4.78, 5) is 25.2. The Morgan fingerprint density at radius 1 is 1.11 bits per heavy atom. The number of hydrogen-bond donors (Lipinski definition) is 1. The van der Waals surface area contributed by atoms with Crippen molar-refractivity contribution in [2.24, 2.45) is 0 Å². The Kier molecular flexibility index (Phi) is 4.25. The molecule has 1 amide bonds. The minimum Gasteiger partial charge on any atom is -0.478 e. The summed E-state index contributed by atoms with van der Waals surface area (Å²) in [5, 5.41) is 9.09. The molecule has 1 fully saturated rings. The van der Waals surface area contributed by atoms with Gasteiger partial charge in [-0.3, -0.25) is 4.79 Å². The highest BCUT2D eigenvalue weighted by atomic mass is 32.2. The summed E-state index contributed by atoms with van der Waals surface area (Å²) in [5.74, 6) is 0.754. The van der Waals surface area contributed by atoms with Crippen molar-refractivity contribution in [3.63, 3.8) is 0 Å². The zero-order chi connectivity index (χ0) is 13.0. The molecule has 1 aromatic rings. The maximum absolute atomic E-state index is 12.3. The number of aromatic carboxylic acids is 1. The van der Waals surface area contributed by atoms with Gasteiger partial charge in [-0.15, -0.1) is 0 Å². The third-order valence-electron chi connectivity index (χ3n) is 2.90. The summed E-state index contributed by atoms with van der Waals surface area (Å²) < 4.78 is 0. The summed E-state index contributed by atoms with van der Waals surface area (Å²) in [7, 11) is 0. The SMILES string of the molecule is O=C(O)c1ccccc1C(=O)N1CCCSCC1. The van der Waals surface area contributed by atoms with Crippen LogP contribution in [-0.4, -0.2) is 46.5 Å². The normalized spacial score (nSPS) is 16.1. The number of amides is 1. The summed E-state index contributed by atoms with van der Waals surface area (Å²) in [6, 6.07) is 6.40. The van der Waals surface area contributed by atoms with E-state index >= 15 is 0 Å². The van der Waals surface area contributed by atoms with Gasteiger partial charge in [0.25, 0.3) is 5.91 Å². The van der Waals surface area contributed by atoms with E-state index in [1.54, 1.807) is 23.1 Å². The van der Waals surface area contributed by atoms with Crippen LogP contribution in [0.5, 0.6) is 0 Å². The maximum atomic E-state index is 12.3. The monoisotopic (exact) mass is 265 g/mol. The second-order valence-electron chi connectivity index (χ2n) is 4.11. The molecule has 1 aromatic carbocycles. The Bertz CT molecular complexity index is 453. The molecule has 0 atom stereocenters. The van der Waals surface area contributed by atoms with E-state index in [9.17, 15) is 9.59 Å². The lowest BCUT2D eigenvalue weighted by molar-refractivity contribution is 0.0677. The molecule has 0 bridgehead atoms. The van der Waals surface area contributed by atoms with Crippen LogP contribution >= 0.6 is 11.8 Å². The van der Waals surface area contributed by atoms with Gasteiger partial charge < -0.3 is 10.0 Å². The fourth-order valence-electron chi connectivity index (χ4n) is 1.98. The maximum Gasteiger partial charge on any atom is 0.336 e. The second kappa shape index (κ2) is 5.91. The number of rotatable bonds is 2. The summed E-state index contributed by atoms with van der Waals surface area (Å²) in [6.07, 6.45) is 0.964. The highest BCUT2D eigenvalue weighted by Crippen LogP contribution is 2.16. The zero-order valence-corrected chi connectivity index (χ0v) is 10.8. The number of thioether (sulfide) groups is 1. The molecule has 1 heterocycles. The highest BCUT2D eigenvalue weighted by molar-refractivity contribution is 7.99. The van der Waals surface area contributed by atoms with Crippen LogP contribution in [0, 0.1) is 0 Å². The average Bonchev–Trinajstić information content (AvgIpc) is 2.66. The van der Waals surface area contributed by atoms with Gasteiger partial charge >= 0.3 is 5.97 Å². The molecule has 1 aliphatic heterocycles. The molecule has 0 saturated carbocycles. The molecule has 2 rings (SSSR count). The van der Waals surface area contributed by atoms with Gasteiger partial charge in [0.1, 0.15) is 0 Å². The van der Waals surface area contributed by atoms with Gasteiger partial charge in [0, 0.05) is 18.8 Å². The Balaban J connectivity index is 2.24. The van der Waals surface area contributed by atoms with Crippen molar-refractivity contribution in [3.05, 3.63) is 35.4 Å². The summed E-state index contributed by atoms with van der Waals surface area (Å²) in [5.41, 5.74) is 0.372. The van der Waals surface area contributed by atoms with Gasteiger partial charge in [0.2, 0.25) is 0 Å². The second-order valence-corrected chi connectivity index (χ2v) is 5.33. The van der Waals surface area contributed by atoms with Gasteiger partial charge in [0.15, 0.2) is 0 Å². The molecule has 1 saturated heterocycles. The van der Waals surface area contributed by atoms with Crippen molar-refractivity contribution in [2.45, 2.75) is 6.42 Å². The number of benzene rings is 1. The number of hydrogen-bond acceptors (Lipinski definition) is 3. The molecule has 1 N–H and O–H groups in total. The highest BCUT2D eigenvalue weighted by Gasteiger charge is 2.21. The lowest BCUT2D eigenvalue weighted by atomic mass is 10.1. The van der Waals surface area contributed by atoms with Crippen LogP contribution in [0.4, 0.5) is 0 Å². The number of carbonyl (C=O) groups is 2. The topological polar surface area (TPSA) is 57.6 Å². The fourth-order valence-corrected chi connectivity index (χ4v) is 2.86. The summed E-state index contributed by atoms with van der Waals surface area (Å²) in [6.45, 7) is 1.40. The van der Waals surface area contributed by atoms with Gasteiger partial charge in [-0.25, -0.2) is 4.79 Å². The predicted octanol–water partition coefficient (Wildman–Crippen LogP) is 1.96. The van der Waals surface area contributed by atoms with Crippen molar-refractivity contribution in [1.82, 2.24) is 4.90 Å². The number of carboxylic acids is 1. The van der Waals surface area contributed by atoms with E-state index in [0.29, 0.717) is 13.1 Å². The molecule has 4 nitrogen and oxygen atoms in total. The largest absolute Gasteiger partial charge is 0.478 e. The van der Waals surface area contributed by atoms with Crippen LogP contribution < -0.4 is 0 Å². The van der Waals surface area contributed by atoms with Gasteiger partial charge in [-0.2, -0.15) is 11.8 Å². The first-order valence-corrected chi connectivity index (χ1v) is 7.05. The first kappa shape index (κ1) is 13.0. The van der Waals surface area contributed by atoms with E-state index < -0.39 is 5.97 Å². The Labute approximate surface area is 110 Å². The molecule has 0 radical (unpaired) electrons. The van der Waals surface area contributed by atoms with E-state index in [1.807, 2.05) is 11.8 Å². The predicted molar refractivity (Wildman–Crippen MR) is 71.2 cm³/mol. The lowest BCUT2D eigenvalue weighted by Gasteiger charge is -2.20. The standard InChI is InChI=1S/C13H15NO3S/c15-12(14-6-3-8-18-9-7-14)10-4-1-2-5-11(10)13(16)17/h1-2,4-5H,3,6-9H2,(H,16,17). The minimum absolute atomic E-state index is 0.0828. The van der Waals surface area contributed by atoms with Crippen molar-refractivity contribution in [3.8, 4) is 0 Å². The summed E-state index contributed by atoms with van der Waals surface area (Å²) >= 11 is 1.83. The molecular formula is C13H15NO3S. The van der Waals surface area contributed by atoms with Gasteiger partial charge in [-0.05, 0) is 24.3 Å². The van der Waals surface area contributed by atoms with Crippen LogP contribution in [0.2, 0.25) is 0 Å². The molecule has 0 spiro atoms. The van der Waals surface area contributed by atoms with Crippen LogP contribution in [0.25, 0.3) is 0 Å². The molecule has 0 aromatic heterocycles. The van der Waals surface area contributed by atoms with E-state index in [0.717, 1.165) is 17.9 Å². The molecular weight excluding hydrogens is 250 g/mol. The third-order valence-corrected chi connectivity index (χ3v) is 3.95. The molecule has 0 unspecified atom stereocenters. The molecule has 5 heteroatoms. The zero-order valence-electron chi connectivity index (χ0n) is 9.96. The minimum atomic E-state index is -1.05. The van der Waals surface area contributed by atoms with Gasteiger partial charge in [0.05, 0.1) is 11.1 Å². The number of nitrogens with zero attached hydrogens (tertiary/aromatic N) is 1. The average molecular weight is 265 g/mol. The fraction of sp³-hybridized carbons (Fsp3) is 0.385. The van der Waals surface area contributed by atoms with E-state index in [1.165, 1.54) is 6.07 Å². The van der Waals surface area contributed by atoms with Crippen molar-refractivity contribution in [2.75, 3.05) is 24.6 Å². The lowest BCUT2D eigenvalue weighted by Crippen LogP contribution is -2.33. The van der Waals surface area contributed by atoms with Crippen molar-refractivity contribution < 1.29 is 14.7 Å². The third kappa shape index (κ3) is 2.85. The van der Waals surface area contributed by atoms with Crippen LogP contribution in [0.3, 0.4) is 0 Å². The first-order valence-electron chi connectivity index (χ1n) is 5.89. The molecule has 0 aliphatic carbocycles. The molecule has 96 valence electrons. The molecule has 1 aliphatic rings. The van der Waals surface area contributed by atoms with Crippen molar-refractivity contribution >= 4 is 23.6 Å². The van der Waals surface area contributed by atoms with E-state index in [2.05, 4.69) is 0 Å². The van der Waals surface area contributed by atoms with Gasteiger partial charge in [-0.1, -0.05) is 12.1 Å². The molecule has 18 heavy (non-hydrogen) atoms. The van der Waals surface area contributed by atoms with Crippen molar-refractivity contribution in [1.29, 1.82) is 0 Å². The Hall–Kier alpha value is -1.49. The van der Waals surface area contributed by atoms with E-state index in [4.69, 9.17) is 5.11 Å². The smallest absolute Gasteiger partial charge is 0.336 e. The number of carboxylic acid groups (broad SMARTS) is 1. The van der Waals surface area contributed by atoms with Crippen LogP contribution in [0.1, 0.15) is 27.1 Å².